The SMILES string of the molecule is Cc1ccc(CC(Cl)c2ccc(Cl)o2)cc1. The Kier molecular flexibility index (Phi) is 3.57. The Morgan fingerprint density at radius 1 is 1.12 bits per heavy atom. The first-order chi connectivity index (χ1) is 7.65. The first kappa shape index (κ1) is 11.6. The number of aryl methyl sites for hydroxylation is 1. The Morgan fingerprint density at radius 3 is 2.38 bits per heavy atom. The molecule has 1 aromatic heterocycles. The zero-order valence-electron chi connectivity index (χ0n) is 8.91. The summed E-state index contributed by atoms with van der Waals surface area (Å²) in [6.07, 6.45) is 0.742. The lowest BCUT2D eigenvalue weighted by Crippen LogP contribution is -1.94. The van der Waals surface area contributed by atoms with Gasteiger partial charge in [-0.2, -0.15) is 0 Å². The fraction of sp³-hybridized carbons (Fsp3) is 0.231. The van der Waals surface area contributed by atoms with E-state index in [0.717, 1.165) is 6.42 Å². The standard InChI is InChI=1S/C13H12Cl2O/c1-9-2-4-10(5-3-9)8-11(14)12-6-7-13(15)16-12/h2-7,11H,8H2,1H3. The molecule has 0 radical (unpaired) electrons. The van der Waals surface area contributed by atoms with Crippen molar-refractivity contribution < 1.29 is 4.42 Å². The fourth-order valence-corrected chi connectivity index (χ4v) is 1.98. The van der Waals surface area contributed by atoms with Gasteiger partial charge in [0.25, 0.3) is 0 Å². The van der Waals surface area contributed by atoms with Crippen LogP contribution in [0.2, 0.25) is 5.22 Å². The maximum atomic E-state index is 6.24. The summed E-state index contributed by atoms with van der Waals surface area (Å²) in [5.41, 5.74) is 2.44. The molecule has 0 aliphatic heterocycles. The van der Waals surface area contributed by atoms with Crippen molar-refractivity contribution in [2.75, 3.05) is 0 Å². The lowest BCUT2D eigenvalue weighted by atomic mass is 10.1. The second kappa shape index (κ2) is 4.94. The summed E-state index contributed by atoms with van der Waals surface area (Å²) in [4.78, 5) is 0. The van der Waals surface area contributed by atoms with Gasteiger partial charge in [-0.05, 0) is 42.6 Å². The molecule has 2 rings (SSSR count). The van der Waals surface area contributed by atoms with Crippen molar-refractivity contribution in [1.82, 2.24) is 0 Å². The molecule has 1 heterocycles. The van der Waals surface area contributed by atoms with Gasteiger partial charge >= 0.3 is 0 Å². The third kappa shape index (κ3) is 2.81. The number of furan rings is 1. The summed E-state index contributed by atoms with van der Waals surface area (Å²) >= 11 is 11.9. The van der Waals surface area contributed by atoms with Crippen LogP contribution in [0.3, 0.4) is 0 Å². The first-order valence-electron chi connectivity index (χ1n) is 5.10. The van der Waals surface area contributed by atoms with Crippen LogP contribution in [0, 0.1) is 6.92 Å². The molecule has 1 aromatic carbocycles. The Balaban J connectivity index is 2.07. The minimum absolute atomic E-state index is 0.171. The summed E-state index contributed by atoms with van der Waals surface area (Å²) in [5.74, 6) is 0.715. The lowest BCUT2D eigenvalue weighted by Gasteiger charge is -2.06. The van der Waals surface area contributed by atoms with Gasteiger partial charge in [-0.25, -0.2) is 0 Å². The summed E-state index contributed by atoms with van der Waals surface area (Å²) in [7, 11) is 0. The van der Waals surface area contributed by atoms with Crippen LogP contribution in [0.1, 0.15) is 22.3 Å². The molecule has 1 nitrogen and oxygen atoms in total. The van der Waals surface area contributed by atoms with Crippen LogP contribution < -0.4 is 0 Å². The second-order valence-corrected chi connectivity index (χ2v) is 4.70. The molecule has 0 aliphatic carbocycles. The van der Waals surface area contributed by atoms with Gasteiger partial charge in [-0.3, -0.25) is 0 Å². The van der Waals surface area contributed by atoms with Crippen LogP contribution in [0.15, 0.2) is 40.8 Å². The molecule has 3 heteroatoms. The van der Waals surface area contributed by atoms with Crippen molar-refractivity contribution in [1.29, 1.82) is 0 Å². The predicted octanol–water partition coefficient (Wildman–Crippen LogP) is 4.76. The van der Waals surface area contributed by atoms with Gasteiger partial charge in [0.15, 0.2) is 5.22 Å². The number of hydrogen-bond donors (Lipinski definition) is 0. The summed E-state index contributed by atoms with van der Waals surface area (Å²) < 4.78 is 5.27. The molecule has 84 valence electrons. The van der Waals surface area contributed by atoms with E-state index in [9.17, 15) is 0 Å². The summed E-state index contributed by atoms with van der Waals surface area (Å²) in [6, 6.07) is 11.8. The van der Waals surface area contributed by atoms with E-state index in [1.54, 1.807) is 6.07 Å². The van der Waals surface area contributed by atoms with Crippen LogP contribution in [-0.2, 0) is 6.42 Å². The average molecular weight is 255 g/mol. The van der Waals surface area contributed by atoms with Gasteiger partial charge in [0.1, 0.15) is 5.76 Å². The van der Waals surface area contributed by atoms with E-state index >= 15 is 0 Å². The number of rotatable bonds is 3. The molecule has 0 aliphatic rings. The number of benzene rings is 1. The maximum Gasteiger partial charge on any atom is 0.193 e. The molecule has 0 N–H and O–H groups in total. The Labute approximate surface area is 105 Å². The molecule has 0 spiro atoms. The highest BCUT2D eigenvalue weighted by Gasteiger charge is 2.12. The van der Waals surface area contributed by atoms with Crippen molar-refractivity contribution in [2.45, 2.75) is 18.7 Å². The van der Waals surface area contributed by atoms with E-state index in [0.29, 0.717) is 11.0 Å². The highest BCUT2D eigenvalue weighted by atomic mass is 35.5. The van der Waals surface area contributed by atoms with Crippen LogP contribution in [0.5, 0.6) is 0 Å². The van der Waals surface area contributed by atoms with Gasteiger partial charge in [0.2, 0.25) is 0 Å². The topological polar surface area (TPSA) is 13.1 Å². The van der Waals surface area contributed by atoms with Gasteiger partial charge < -0.3 is 4.42 Å². The van der Waals surface area contributed by atoms with Crippen LogP contribution in [-0.4, -0.2) is 0 Å². The monoisotopic (exact) mass is 254 g/mol. The van der Waals surface area contributed by atoms with E-state index in [4.69, 9.17) is 27.6 Å². The van der Waals surface area contributed by atoms with Gasteiger partial charge in [0, 0.05) is 0 Å². The van der Waals surface area contributed by atoms with Gasteiger partial charge in [-0.15, -0.1) is 11.6 Å². The Bertz CT molecular complexity index is 459. The van der Waals surface area contributed by atoms with Crippen molar-refractivity contribution in [2.24, 2.45) is 0 Å². The van der Waals surface area contributed by atoms with E-state index < -0.39 is 0 Å². The fourth-order valence-electron chi connectivity index (χ4n) is 1.53. The van der Waals surface area contributed by atoms with Crippen LogP contribution in [0.25, 0.3) is 0 Å². The van der Waals surface area contributed by atoms with Crippen LogP contribution in [0.4, 0.5) is 0 Å². The van der Waals surface area contributed by atoms with Crippen molar-refractivity contribution in [3.05, 3.63) is 58.5 Å². The molecule has 1 atom stereocenters. The van der Waals surface area contributed by atoms with Crippen LogP contribution >= 0.6 is 23.2 Å². The minimum atomic E-state index is -0.171. The molecule has 16 heavy (non-hydrogen) atoms. The smallest absolute Gasteiger partial charge is 0.193 e. The summed E-state index contributed by atoms with van der Waals surface area (Å²) in [5, 5.41) is 0.208. The largest absolute Gasteiger partial charge is 0.448 e. The minimum Gasteiger partial charge on any atom is -0.448 e. The van der Waals surface area contributed by atoms with Crippen molar-refractivity contribution >= 4 is 23.2 Å². The highest BCUT2D eigenvalue weighted by molar-refractivity contribution is 6.29. The third-order valence-electron chi connectivity index (χ3n) is 2.44. The number of halogens is 2. The Morgan fingerprint density at radius 2 is 1.81 bits per heavy atom. The average Bonchev–Trinajstić information content (AvgIpc) is 2.68. The summed E-state index contributed by atoms with van der Waals surface area (Å²) in [6.45, 7) is 2.06. The molecule has 0 saturated heterocycles. The van der Waals surface area contributed by atoms with Gasteiger partial charge in [-0.1, -0.05) is 29.8 Å². The normalized spacial score (nSPS) is 12.7. The molecular weight excluding hydrogens is 243 g/mol. The van der Waals surface area contributed by atoms with Crippen molar-refractivity contribution in [3.63, 3.8) is 0 Å². The molecule has 0 fully saturated rings. The first-order valence-corrected chi connectivity index (χ1v) is 5.91. The third-order valence-corrected chi connectivity index (χ3v) is 3.01. The lowest BCUT2D eigenvalue weighted by molar-refractivity contribution is 0.504. The molecule has 0 bridgehead atoms. The zero-order valence-corrected chi connectivity index (χ0v) is 10.4. The number of alkyl halides is 1. The molecule has 0 saturated carbocycles. The van der Waals surface area contributed by atoms with E-state index in [1.807, 2.05) is 6.07 Å². The predicted molar refractivity (Wildman–Crippen MR) is 67.2 cm³/mol. The quantitative estimate of drug-likeness (QED) is 0.720. The van der Waals surface area contributed by atoms with E-state index in [-0.39, 0.29) is 5.38 Å². The second-order valence-electron chi connectivity index (χ2n) is 3.80. The molecular formula is C13H12Cl2O. The Hall–Kier alpha value is -0.920. The van der Waals surface area contributed by atoms with Gasteiger partial charge in [0.05, 0.1) is 5.38 Å². The van der Waals surface area contributed by atoms with E-state index in [2.05, 4.69) is 31.2 Å². The molecule has 1 unspecified atom stereocenters. The van der Waals surface area contributed by atoms with E-state index in [1.165, 1.54) is 11.1 Å². The highest BCUT2D eigenvalue weighted by Crippen LogP contribution is 2.28. The zero-order chi connectivity index (χ0) is 11.5. The van der Waals surface area contributed by atoms with Crippen molar-refractivity contribution in [3.8, 4) is 0 Å². The maximum absolute atomic E-state index is 6.24. The number of hydrogen-bond acceptors (Lipinski definition) is 1. The molecule has 0 amide bonds. The molecule has 2 aromatic rings.